The Balaban J connectivity index is 4.14. The molecular formula is C6H9N3O3. The van der Waals surface area contributed by atoms with Gasteiger partial charge in [-0.1, -0.05) is 0 Å². The van der Waals surface area contributed by atoms with Gasteiger partial charge < -0.3 is 10.8 Å². The molecule has 0 aliphatic carbocycles. The van der Waals surface area contributed by atoms with Crippen LogP contribution < -0.4 is 11.1 Å². The summed E-state index contributed by atoms with van der Waals surface area (Å²) in [5.41, 5.74) is 5.33. The minimum Gasteiger partial charge on any atom is -0.465 e. The zero-order valence-electron chi connectivity index (χ0n) is 6.44. The Morgan fingerprint density at radius 2 is 2.17 bits per heavy atom. The first-order valence-electron chi connectivity index (χ1n) is 3.03. The van der Waals surface area contributed by atoms with Crippen LogP contribution >= 0.6 is 0 Å². The number of hydrogen-bond donors (Lipinski definition) is 3. The third kappa shape index (κ3) is 4.98. The number of hydrogen-bond acceptors (Lipinski definition) is 3. The number of carboxylic acid groups (broad SMARTS) is 1. The fraction of sp³-hybridized carbons (Fsp3) is 0.167. The molecule has 12 heavy (non-hydrogen) atoms. The second-order valence-corrected chi connectivity index (χ2v) is 1.85. The number of amides is 3. The third-order valence-electron chi connectivity index (χ3n) is 0.829. The van der Waals surface area contributed by atoms with E-state index in [0.717, 1.165) is 0 Å². The number of carbonyl (C=O) groups is 2. The van der Waals surface area contributed by atoms with E-state index in [2.05, 4.69) is 4.99 Å². The summed E-state index contributed by atoms with van der Waals surface area (Å²) in [5.74, 6) is 0. The maximum Gasteiger partial charge on any atom is 0.412 e. The number of allylic oxidation sites excluding steroid dienone is 1. The summed E-state index contributed by atoms with van der Waals surface area (Å²) in [6.07, 6.45) is 1.14. The molecule has 0 aliphatic heterocycles. The molecule has 0 saturated carbocycles. The Kier molecular flexibility index (Phi) is 4.13. The maximum atomic E-state index is 10.6. The number of aliphatic imine (C=N–C) groups is 1. The van der Waals surface area contributed by atoms with E-state index >= 15 is 0 Å². The van der Waals surface area contributed by atoms with Crippen LogP contribution in [-0.2, 0) is 0 Å². The van der Waals surface area contributed by atoms with E-state index in [1.165, 1.54) is 19.2 Å². The minimum absolute atomic E-state index is 0.330. The first-order valence-corrected chi connectivity index (χ1v) is 3.03. The van der Waals surface area contributed by atoms with Gasteiger partial charge in [0, 0.05) is 5.71 Å². The van der Waals surface area contributed by atoms with E-state index in [-0.39, 0.29) is 0 Å². The molecule has 0 spiro atoms. The van der Waals surface area contributed by atoms with Gasteiger partial charge in [-0.3, -0.25) is 0 Å². The second kappa shape index (κ2) is 4.89. The predicted octanol–water partition coefficient (Wildman–Crippen LogP) is 0.307. The quantitative estimate of drug-likeness (QED) is 0.493. The number of nitrogens with two attached hydrogens (primary N) is 1. The van der Waals surface area contributed by atoms with Crippen molar-refractivity contribution in [2.75, 3.05) is 0 Å². The van der Waals surface area contributed by atoms with E-state index in [1.807, 2.05) is 0 Å². The SMILES string of the molecule is CC(/C=C/N)=N\C(=O)NC(=O)O. The van der Waals surface area contributed by atoms with Crippen molar-refractivity contribution in [3.8, 4) is 0 Å². The normalized spacial score (nSPS) is 11.6. The highest BCUT2D eigenvalue weighted by Crippen LogP contribution is 1.81. The van der Waals surface area contributed by atoms with Crippen LogP contribution in [0.1, 0.15) is 6.92 Å². The number of imide groups is 1. The maximum absolute atomic E-state index is 10.6. The molecule has 0 fully saturated rings. The van der Waals surface area contributed by atoms with Crippen molar-refractivity contribution in [2.45, 2.75) is 6.92 Å². The van der Waals surface area contributed by atoms with Gasteiger partial charge in [0.05, 0.1) is 0 Å². The number of nitrogens with one attached hydrogen (secondary N) is 1. The van der Waals surface area contributed by atoms with Gasteiger partial charge in [0.25, 0.3) is 0 Å². The number of carbonyl (C=O) groups excluding carboxylic acids is 1. The van der Waals surface area contributed by atoms with Crippen molar-refractivity contribution in [3.63, 3.8) is 0 Å². The van der Waals surface area contributed by atoms with Crippen LogP contribution in [0.15, 0.2) is 17.3 Å². The summed E-state index contributed by atoms with van der Waals surface area (Å²) in [6, 6.07) is -0.932. The zero-order chi connectivity index (χ0) is 9.56. The fourth-order valence-electron chi connectivity index (χ4n) is 0.456. The Bertz CT molecular complexity index is 244. The molecule has 0 aliphatic rings. The van der Waals surface area contributed by atoms with E-state index < -0.39 is 12.1 Å². The molecule has 0 bridgehead atoms. The number of nitrogens with zero attached hydrogens (tertiary/aromatic N) is 1. The first-order chi connectivity index (χ1) is 5.56. The van der Waals surface area contributed by atoms with Gasteiger partial charge in [-0.15, -0.1) is 0 Å². The van der Waals surface area contributed by atoms with Gasteiger partial charge in [0.1, 0.15) is 0 Å². The van der Waals surface area contributed by atoms with E-state index in [1.54, 1.807) is 5.32 Å². The average Bonchev–Trinajstić information content (AvgIpc) is 1.84. The fourth-order valence-corrected chi connectivity index (χ4v) is 0.456. The molecule has 0 atom stereocenters. The highest BCUT2D eigenvalue weighted by atomic mass is 16.4. The molecule has 3 amide bonds. The molecule has 6 heteroatoms. The number of rotatable bonds is 1. The Morgan fingerprint density at radius 3 is 2.58 bits per heavy atom. The van der Waals surface area contributed by atoms with Crippen LogP contribution in [0.25, 0.3) is 0 Å². The minimum atomic E-state index is -1.44. The summed E-state index contributed by atoms with van der Waals surface area (Å²) in [6.45, 7) is 1.52. The highest BCUT2D eigenvalue weighted by Gasteiger charge is 2.01. The molecule has 0 unspecified atom stereocenters. The lowest BCUT2D eigenvalue weighted by Crippen LogP contribution is -2.26. The summed E-state index contributed by atoms with van der Waals surface area (Å²) in [7, 11) is 0. The molecule has 6 nitrogen and oxygen atoms in total. The van der Waals surface area contributed by atoms with Crippen LogP contribution in [0.2, 0.25) is 0 Å². The monoisotopic (exact) mass is 171 g/mol. The lowest BCUT2D eigenvalue weighted by atomic mass is 10.4. The molecule has 0 aromatic rings. The molecule has 0 rings (SSSR count). The Hall–Kier alpha value is -1.85. The van der Waals surface area contributed by atoms with Gasteiger partial charge in [0.15, 0.2) is 0 Å². The second-order valence-electron chi connectivity index (χ2n) is 1.85. The standard InChI is InChI=1S/C6H9N3O3/c1-4(2-3-7)8-5(10)9-6(11)12/h2-3H,7H2,1H3,(H,9,10)(H,11,12)/b3-2+,8-4+. The molecule has 0 saturated heterocycles. The van der Waals surface area contributed by atoms with Gasteiger partial charge in [-0.25, -0.2) is 14.9 Å². The van der Waals surface area contributed by atoms with Crippen molar-refractivity contribution < 1.29 is 14.7 Å². The van der Waals surface area contributed by atoms with Crippen LogP contribution in [0.5, 0.6) is 0 Å². The van der Waals surface area contributed by atoms with Crippen molar-refractivity contribution in [2.24, 2.45) is 10.7 Å². The largest absolute Gasteiger partial charge is 0.465 e. The predicted molar refractivity (Wildman–Crippen MR) is 43.0 cm³/mol. The van der Waals surface area contributed by atoms with Crippen molar-refractivity contribution in [1.82, 2.24) is 5.32 Å². The smallest absolute Gasteiger partial charge is 0.412 e. The van der Waals surface area contributed by atoms with Crippen LogP contribution in [0.3, 0.4) is 0 Å². The zero-order valence-corrected chi connectivity index (χ0v) is 6.44. The van der Waals surface area contributed by atoms with E-state index in [9.17, 15) is 9.59 Å². The summed E-state index contributed by atoms with van der Waals surface area (Å²) >= 11 is 0. The van der Waals surface area contributed by atoms with Crippen LogP contribution in [-0.4, -0.2) is 22.9 Å². The number of urea groups is 1. The van der Waals surface area contributed by atoms with Crippen molar-refractivity contribution in [1.29, 1.82) is 0 Å². The Labute approximate surface area is 68.8 Å². The molecule has 4 N–H and O–H groups in total. The lowest BCUT2D eigenvalue weighted by Gasteiger charge is -1.92. The molecule has 0 heterocycles. The molecule has 0 aromatic carbocycles. The van der Waals surface area contributed by atoms with Crippen molar-refractivity contribution in [3.05, 3.63) is 12.3 Å². The van der Waals surface area contributed by atoms with Crippen LogP contribution in [0, 0.1) is 0 Å². The third-order valence-corrected chi connectivity index (χ3v) is 0.829. The lowest BCUT2D eigenvalue weighted by molar-refractivity contribution is 0.193. The summed E-state index contributed by atoms with van der Waals surface area (Å²) in [4.78, 5) is 23.8. The first kappa shape index (κ1) is 10.2. The van der Waals surface area contributed by atoms with E-state index in [0.29, 0.717) is 5.71 Å². The summed E-state index contributed by atoms with van der Waals surface area (Å²) in [5, 5.41) is 9.63. The highest BCUT2D eigenvalue weighted by molar-refractivity contribution is 6.03. The average molecular weight is 171 g/mol. The van der Waals surface area contributed by atoms with Crippen LogP contribution in [0.4, 0.5) is 9.59 Å². The van der Waals surface area contributed by atoms with Gasteiger partial charge in [-0.2, -0.15) is 4.99 Å². The van der Waals surface area contributed by atoms with Crippen molar-refractivity contribution >= 4 is 17.8 Å². The molecule has 66 valence electrons. The topological polar surface area (TPSA) is 105 Å². The Morgan fingerprint density at radius 1 is 1.58 bits per heavy atom. The summed E-state index contributed by atoms with van der Waals surface area (Å²) < 4.78 is 0. The molecule has 0 aromatic heterocycles. The molecule has 0 radical (unpaired) electrons. The van der Waals surface area contributed by atoms with E-state index in [4.69, 9.17) is 10.8 Å². The van der Waals surface area contributed by atoms with Gasteiger partial charge in [-0.05, 0) is 19.2 Å². The van der Waals surface area contributed by atoms with Gasteiger partial charge >= 0.3 is 12.1 Å². The molecular weight excluding hydrogens is 162 g/mol. The van der Waals surface area contributed by atoms with Gasteiger partial charge in [0.2, 0.25) is 0 Å².